The van der Waals surface area contributed by atoms with Crippen LogP contribution in [0, 0.1) is 0 Å². The molecular formula is C5H14SeSn. The van der Waals surface area contributed by atoms with Crippen molar-refractivity contribution in [2.75, 3.05) is 0 Å². The average Bonchev–Trinajstić information content (AvgIpc) is 1.33. The van der Waals surface area contributed by atoms with Crippen LogP contribution in [0.1, 0.15) is 6.92 Å². The van der Waals surface area contributed by atoms with Gasteiger partial charge in [0.15, 0.2) is 0 Å². The Morgan fingerprint density at radius 1 is 1.29 bits per heavy atom. The van der Waals surface area contributed by atoms with Crippen molar-refractivity contribution >= 4 is 35.8 Å². The Kier molecular flexibility index (Phi) is 16.5. The summed E-state index contributed by atoms with van der Waals surface area (Å²) in [5.41, 5.74) is 0. The standard InChI is InChI=1S/C2H5Se.3CH3.Sn/c1-2-3;;;;/h2H2,1H3;3*1H3;. The summed E-state index contributed by atoms with van der Waals surface area (Å²) in [6.07, 6.45) is 0. The van der Waals surface area contributed by atoms with Crippen molar-refractivity contribution in [2.45, 2.75) is 27.1 Å². The zero-order valence-electron chi connectivity index (χ0n) is 5.62. The summed E-state index contributed by atoms with van der Waals surface area (Å²) in [7, 11) is 0. The molecule has 0 aromatic heterocycles. The van der Waals surface area contributed by atoms with E-state index < -0.39 is 19.8 Å². The molecule has 0 bridgehead atoms. The van der Waals surface area contributed by atoms with Gasteiger partial charge in [-0.3, -0.25) is 0 Å². The first-order chi connectivity index (χ1) is 3.15. The first-order valence-electron chi connectivity index (χ1n) is 2.50. The van der Waals surface area contributed by atoms with Gasteiger partial charge in [-0.15, -0.1) is 0 Å². The Morgan fingerprint density at radius 2 is 1.29 bits per heavy atom. The van der Waals surface area contributed by atoms with Crippen LogP contribution in [0.2, 0.25) is 20.1 Å². The molecule has 0 aromatic rings. The summed E-state index contributed by atoms with van der Waals surface area (Å²) in [5, 5.41) is 1.12. The summed E-state index contributed by atoms with van der Waals surface area (Å²) in [6.45, 7) is 2.07. The van der Waals surface area contributed by atoms with Crippen molar-refractivity contribution in [3.8, 4) is 0 Å². The maximum atomic E-state index is 2.81. The fourth-order valence-electron chi connectivity index (χ4n) is 0. The monoisotopic (exact) mass is 274 g/mol. The molecule has 2 radical (unpaired) electrons. The van der Waals surface area contributed by atoms with E-state index in [-0.39, 0.29) is 0 Å². The van der Waals surface area contributed by atoms with Crippen molar-refractivity contribution in [1.82, 2.24) is 0 Å². The van der Waals surface area contributed by atoms with Gasteiger partial charge in [0, 0.05) is 0 Å². The molecule has 0 fully saturated rings. The molecule has 0 rings (SSSR count). The molecule has 44 valence electrons. The van der Waals surface area contributed by atoms with Crippen LogP contribution in [0.4, 0.5) is 0 Å². The summed E-state index contributed by atoms with van der Waals surface area (Å²) in [6, 6.07) is 0. The molecule has 0 nitrogen and oxygen atoms in total. The van der Waals surface area contributed by atoms with E-state index in [1.807, 2.05) is 0 Å². The topological polar surface area (TPSA) is 0 Å². The number of hydrogen-bond acceptors (Lipinski definition) is 0. The zero-order chi connectivity index (χ0) is 6.28. The summed E-state index contributed by atoms with van der Waals surface area (Å²) < 4.78 is 0. The minimum atomic E-state index is -0.543. The molecule has 0 saturated carbocycles. The van der Waals surface area contributed by atoms with Gasteiger partial charge in [0.05, 0.1) is 0 Å². The van der Waals surface area contributed by atoms with Crippen LogP contribution in [0.5, 0.6) is 0 Å². The first kappa shape index (κ1) is 11.2. The van der Waals surface area contributed by atoms with Gasteiger partial charge in [0.2, 0.25) is 0 Å². The van der Waals surface area contributed by atoms with Crippen molar-refractivity contribution in [1.29, 1.82) is 0 Å². The molecule has 0 spiro atoms. The van der Waals surface area contributed by atoms with Gasteiger partial charge < -0.3 is 0 Å². The third-order valence-electron chi connectivity index (χ3n) is 0. The molecule has 0 aliphatic rings. The van der Waals surface area contributed by atoms with E-state index in [1.165, 1.54) is 0 Å². The molecule has 0 aliphatic carbocycles. The normalized spacial score (nSPS) is 7.71. The Morgan fingerprint density at radius 3 is 1.29 bits per heavy atom. The van der Waals surface area contributed by atoms with E-state index in [9.17, 15) is 0 Å². The van der Waals surface area contributed by atoms with Crippen LogP contribution in [-0.2, 0) is 0 Å². The molecule has 0 aromatic carbocycles. The van der Waals surface area contributed by atoms with Gasteiger partial charge >= 0.3 is 62.8 Å². The van der Waals surface area contributed by atoms with Crippen LogP contribution in [0.3, 0.4) is 0 Å². The molecule has 2 heteroatoms. The quantitative estimate of drug-likeness (QED) is 0.591. The molecule has 0 heterocycles. The second kappa shape index (κ2) is 10.3. The predicted molar refractivity (Wildman–Crippen MR) is 39.6 cm³/mol. The van der Waals surface area contributed by atoms with Crippen LogP contribution in [0.25, 0.3) is 0 Å². The van der Waals surface area contributed by atoms with Crippen LogP contribution < -0.4 is 0 Å². The fraction of sp³-hybridized carbons (Fsp3) is 1.00. The van der Waals surface area contributed by atoms with Crippen LogP contribution in [-0.4, -0.2) is 35.8 Å². The van der Waals surface area contributed by atoms with E-state index in [0.717, 1.165) is 5.32 Å². The van der Waals surface area contributed by atoms with Gasteiger partial charge in [0.1, 0.15) is 0 Å². The van der Waals surface area contributed by atoms with Gasteiger partial charge in [-0.05, 0) is 0 Å². The third kappa shape index (κ3) is 119. The fourth-order valence-corrected chi connectivity index (χ4v) is 0. The molecule has 0 amide bonds. The number of rotatable bonds is 0. The van der Waals surface area contributed by atoms with Gasteiger partial charge in [-0.2, -0.15) is 0 Å². The van der Waals surface area contributed by atoms with Crippen molar-refractivity contribution in [3.63, 3.8) is 0 Å². The summed E-state index contributed by atoms with van der Waals surface area (Å²) >= 11 is 2.26. The van der Waals surface area contributed by atoms with Gasteiger partial charge in [-0.1, -0.05) is 0 Å². The van der Waals surface area contributed by atoms with Crippen LogP contribution in [0.15, 0.2) is 0 Å². The predicted octanol–water partition coefficient (Wildman–Crippen LogP) is 1.96. The number of hydrogen-bond donors (Lipinski definition) is 0. The zero-order valence-corrected chi connectivity index (χ0v) is 10.2. The SMILES string of the molecule is CC[Se].[CH3][Sn]([CH3])[CH3]. The van der Waals surface area contributed by atoms with E-state index in [1.54, 1.807) is 0 Å². The van der Waals surface area contributed by atoms with Crippen molar-refractivity contribution in [3.05, 3.63) is 0 Å². The summed E-state index contributed by atoms with van der Waals surface area (Å²) in [5.74, 6) is 0. The van der Waals surface area contributed by atoms with E-state index in [4.69, 9.17) is 0 Å². The van der Waals surface area contributed by atoms with Gasteiger partial charge in [0.25, 0.3) is 0 Å². The Labute approximate surface area is 62.6 Å². The third-order valence-corrected chi connectivity index (χ3v) is 0. The van der Waals surface area contributed by atoms with Crippen molar-refractivity contribution < 1.29 is 0 Å². The Balaban J connectivity index is 0. The van der Waals surface area contributed by atoms with Crippen LogP contribution >= 0.6 is 0 Å². The van der Waals surface area contributed by atoms with E-state index >= 15 is 0 Å². The Bertz CT molecular complexity index is 19.3. The second-order valence-corrected chi connectivity index (χ2v) is 11.6. The molecule has 0 N–H and O–H groups in total. The summed E-state index contributed by atoms with van der Waals surface area (Å²) in [4.78, 5) is 7.09. The Hall–Kier alpha value is 1.32. The van der Waals surface area contributed by atoms with E-state index in [0.29, 0.717) is 0 Å². The van der Waals surface area contributed by atoms with Crippen molar-refractivity contribution in [2.24, 2.45) is 0 Å². The van der Waals surface area contributed by atoms with Gasteiger partial charge in [-0.25, -0.2) is 0 Å². The maximum absolute atomic E-state index is 2.81. The molecule has 0 atom stereocenters. The molecular weight excluding hydrogens is 258 g/mol. The molecule has 7 heavy (non-hydrogen) atoms. The molecule has 0 aliphatic heterocycles. The average molecular weight is 272 g/mol. The molecule has 0 unspecified atom stereocenters. The first-order valence-corrected chi connectivity index (χ1v) is 12.3. The second-order valence-electron chi connectivity index (χ2n) is 1.79. The van der Waals surface area contributed by atoms with E-state index in [2.05, 4.69) is 37.8 Å². The molecule has 0 saturated heterocycles. The minimum absolute atomic E-state index is 0.543.